The summed E-state index contributed by atoms with van der Waals surface area (Å²) in [6.07, 6.45) is 0. The summed E-state index contributed by atoms with van der Waals surface area (Å²) >= 11 is 3.00. The van der Waals surface area contributed by atoms with Crippen LogP contribution in [0.25, 0.3) is 0 Å². The molecule has 1 aromatic carbocycles. The van der Waals surface area contributed by atoms with Gasteiger partial charge in [0.15, 0.2) is 6.04 Å². The monoisotopic (exact) mass is 331 g/mol. The summed E-state index contributed by atoms with van der Waals surface area (Å²) in [6.45, 7) is 0.281. The first-order valence-corrected chi connectivity index (χ1v) is 6.37. The van der Waals surface area contributed by atoms with Crippen LogP contribution in [-0.2, 0) is 9.53 Å². The van der Waals surface area contributed by atoms with Crippen LogP contribution in [0, 0.1) is 5.82 Å². The minimum atomic E-state index is -1.16. The molecule has 1 N–H and O–H groups in total. The molecule has 1 saturated heterocycles. The Bertz CT molecular complexity index is 522. The van der Waals surface area contributed by atoms with E-state index in [4.69, 9.17) is 9.84 Å². The van der Waals surface area contributed by atoms with E-state index in [1.54, 1.807) is 0 Å². The number of halogens is 2. The van der Waals surface area contributed by atoms with Gasteiger partial charge >= 0.3 is 5.97 Å². The lowest BCUT2D eigenvalue weighted by Gasteiger charge is -2.33. The standard InChI is InChI=1S/C12H11BrFNO4/c13-8-3-1-2-7(10(8)14)11(16)15-4-5-19-6-9(15)12(17)18/h1-3,9H,4-6H2,(H,17,18). The molecule has 1 aliphatic rings. The molecule has 0 aromatic heterocycles. The van der Waals surface area contributed by atoms with Crippen LogP contribution in [0.15, 0.2) is 22.7 Å². The van der Waals surface area contributed by atoms with Crippen molar-refractivity contribution in [3.05, 3.63) is 34.1 Å². The number of morpholine rings is 1. The molecule has 0 radical (unpaired) electrons. The van der Waals surface area contributed by atoms with Crippen LogP contribution in [0.3, 0.4) is 0 Å². The van der Waals surface area contributed by atoms with Crippen LogP contribution in [0.2, 0.25) is 0 Å². The third-order valence-corrected chi connectivity index (χ3v) is 3.47. The van der Waals surface area contributed by atoms with E-state index in [9.17, 15) is 14.0 Å². The number of amides is 1. The van der Waals surface area contributed by atoms with Gasteiger partial charge < -0.3 is 14.7 Å². The summed E-state index contributed by atoms with van der Waals surface area (Å²) in [4.78, 5) is 24.4. The molecular weight excluding hydrogens is 321 g/mol. The Labute approximate surface area is 117 Å². The number of carboxylic acid groups (broad SMARTS) is 1. The second-order valence-corrected chi connectivity index (χ2v) is 4.88. The number of nitrogens with zero attached hydrogens (tertiary/aromatic N) is 1. The van der Waals surface area contributed by atoms with Gasteiger partial charge in [0.05, 0.1) is 23.2 Å². The van der Waals surface area contributed by atoms with Crippen molar-refractivity contribution < 1.29 is 23.8 Å². The predicted molar refractivity (Wildman–Crippen MR) is 67.4 cm³/mol. The molecule has 0 spiro atoms. The van der Waals surface area contributed by atoms with Crippen LogP contribution in [0.1, 0.15) is 10.4 Å². The fraction of sp³-hybridized carbons (Fsp3) is 0.333. The van der Waals surface area contributed by atoms with E-state index in [2.05, 4.69) is 15.9 Å². The van der Waals surface area contributed by atoms with Gasteiger partial charge in [0.25, 0.3) is 5.91 Å². The molecule has 19 heavy (non-hydrogen) atoms. The quantitative estimate of drug-likeness (QED) is 0.892. The molecule has 0 aliphatic carbocycles. The maximum atomic E-state index is 13.9. The molecule has 1 unspecified atom stereocenters. The maximum Gasteiger partial charge on any atom is 0.328 e. The third kappa shape index (κ3) is 2.76. The summed E-state index contributed by atoms with van der Waals surface area (Å²) < 4.78 is 19.1. The van der Waals surface area contributed by atoms with Gasteiger partial charge in [0.2, 0.25) is 0 Å². The summed E-state index contributed by atoms with van der Waals surface area (Å²) in [5.41, 5.74) is -0.150. The second-order valence-electron chi connectivity index (χ2n) is 4.03. The van der Waals surface area contributed by atoms with Gasteiger partial charge in [-0.15, -0.1) is 0 Å². The molecule has 102 valence electrons. The van der Waals surface area contributed by atoms with E-state index in [-0.39, 0.29) is 29.8 Å². The number of hydrogen-bond donors (Lipinski definition) is 1. The van der Waals surface area contributed by atoms with Gasteiger partial charge in [-0.05, 0) is 28.1 Å². The second kappa shape index (κ2) is 5.66. The molecule has 1 atom stereocenters. The first kappa shape index (κ1) is 14.0. The van der Waals surface area contributed by atoms with E-state index in [1.807, 2.05) is 0 Å². The normalized spacial score (nSPS) is 19.3. The van der Waals surface area contributed by atoms with E-state index in [0.29, 0.717) is 0 Å². The molecule has 2 rings (SSSR count). The number of benzene rings is 1. The van der Waals surface area contributed by atoms with Gasteiger partial charge in [-0.2, -0.15) is 0 Å². The Balaban J connectivity index is 2.31. The van der Waals surface area contributed by atoms with Crippen molar-refractivity contribution in [3.63, 3.8) is 0 Å². The van der Waals surface area contributed by atoms with Crippen molar-refractivity contribution in [1.29, 1.82) is 0 Å². The molecule has 5 nitrogen and oxygen atoms in total. The lowest BCUT2D eigenvalue weighted by Crippen LogP contribution is -2.52. The molecule has 7 heteroatoms. The van der Waals surface area contributed by atoms with Gasteiger partial charge in [0, 0.05) is 6.54 Å². The Hall–Kier alpha value is -1.47. The van der Waals surface area contributed by atoms with E-state index in [0.717, 1.165) is 4.90 Å². The predicted octanol–water partition coefficient (Wildman–Crippen LogP) is 1.51. The number of hydrogen-bond acceptors (Lipinski definition) is 3. The molecule has 1 aliphatic heterocycles. The minimum absolute atomic E-state index is 0.0866. The third-order valence-electron chi connectivity index (χ3n) is 2.86. The largest absolute Gasteiger partial charge is 0.480 e. The molecule has 0 bridgehead atoms. The Morgan fingerprint density at radius 1 is 1.47 bits per heavy atom. The van der Waals surface area contributed by atoms with E-state index in [1.165, 1.54) is 18.2 Å². The van der Waals surface area contributed by atoms with Crippen molar-refractivity contribution in [2.45, 2.75) is 6.04 Å². The van der Waals surface area contributed by atoms with Crippen LogP contribution in [-0.4, -0.2) is 47.7 Å². The van der Waals surface area contributed by atoms with E-state index < -0.39 is 23.7 Å². The average Bonchev–Trinajstić information content (AvgIpc) is 2.41. The van der Waals surface area contributed by atoms with Crippen LogP contribution < -0.4 is 0 Å². The number of carboxylic acids is 1. The zero-order valence-electron chi connectivity index (χ0n) is 9.81. The maximum absolute atomic E-state index is 13.9. The number of aliphatic carboxylic acids is 1. The summed E-state index contributed by atoms with van der Waals surface area (Å²) in [7, 11) is 0. The molecule has 1 heterocycles. The van der Waals surface area contributed by atoms with Crippen molar-refractivity contribution in [1.82, 2.24) is 4.90 Å². The summed E-state index contributed by atoms with van der Waals surface area (Å²) in [6, 6.07) is 3.24. The lowest BCUT2D eigenvalue weighted by atomic mass is 10.1. The highest BCUT2D eigenvalue weighted by Gasteiger charge is 2.34. The van der Waals surface area contributed by atoms with Crippen molar-refractivity contribution in [2.24, 2.45) is 0 Å². The van der Waals surface area contributed by atoms with E-state index >= 15 is 0 Å². The Morgan fingerprint density at radius 3 is 2.89 bits per heavy atom. The number of carbonyl (C=O) groups is 2. The zero-order valence-corrected chi connectivity index (χ0v) is 11.4. The Kier molecular flexibility index (Phi) is 4.16. The first-order valence-electron chi connectivity index (χ1n) is 5.58. The van der Waals surface area contributed by atoms with Gasteiger partial charge in [0.1, 0.15) is 5.82 Å². The smallest absolute Gasteiger partial charge is 0.328 e. The summed E-state index contributed by atoms with van der Waals surface area (Å²) in [5.74, 6) is -2.50. The van der Waals surface area contributed by atoms with Crippen molar-refractivity contribution in [2.75, 3.05) is 19.8 Å². The van der Waals surface area contributed by atoms with Crippen molar-refractivity contribution >= 4 is 27.8 Å². The van der Waals surface area contributed by atoms with Gasteiger partial charge in [-0.1, -0.05) is 6.07 Å². The lowest BCUT2D eigenvalue weighted by molar-refractivity contribution is -0.147. The topological polar surface area (TPSA) is 66.8 Å². The molecule has 1 amide bonds. The number of carbonyl (C=O) groups excluding carboxylic acids is 1. The SMILES string of the molecule is O=C(O)C1COCCN1C(=O)c1cccc(Br)c1F. The molecule has 0 saturated carbocycles. The minimum Gasteiger partial charge on any atom is -0.480 e. The zero-order chi connectivity index (χ0) is 14.0. The number of rotatable bonds is 2. The fourth-order valence-corrected chi connectivity index (χ4v) is 2.24. The van der Waals surface area contributed by atoms with Crippen LogP contribution in [0.5, 0.6) is 0 Å². The van der Waals surface area contributed by atoms with Gasteiger partial charge in [-0.25, -0.2) is 9.18 Å². The molecular formula is C12H11BrFNO4. The first-order chi connectivity index (χ1) is 9.02. The molecule has 1 aromatic rings. The highest BCUT2D eigenvalue weighted by Crippen LogP contribution is 2.21. The Morgan fingerprint density at radius 2 is 2.21 bits per heavy atom. The summed E-state index contributed by atoms with van der Waals surface area (Å²) in [5, 5.41) is 9.05. The highest BCUT2D eigenvalue weighted by molar-refractivity contribution is 9.10. The van der Waals surface area contributed by atoms with Gasteiger partial charge in [-0.3, -0.25) is 4.79 Å². The van der Waals surface area contributed by atoms with Crippen molar-refractivity contribution in [3.8, 4) is 0 Å². The average molecular weight is 332 g/mol. The number of ether oxygens (including phenoxy) is 1. The fourth-order valence-electron chi connectivity index (χ4n) is 1.88. The van der Waals surface area contributed by atoms with Crippen LogP contribution in [0.4, 0.5) is 4.39 Å². The highest BCUT2D eigenvalue weighted by atomic mass is 79.9. The molecule has 1 fully saturated rings. The van der Waals surface area contributed by atoms with Crippen LogP contribution >= 0.6 is 15.9 Å².